The van der Waals surface area contributed by atoms with Crippen LogP contribution in [-0.4, -0.2) is 41.5 Å². The van der Waals surface area contributed by atoms with E-state index in [1.165, 1.54) is 0 Å². The molecule has 0 aliphatic heterocycles. The van der Waals surface area contributed by atoms with Gasteiger partial charge in [-0.15, -0.1) is 0 Å². The summed E-state index contributed by atoms with van der Waals surface area (Å²) in [5.41, 5.74) is 0.454. The summed E-state index contributed by atoms with van der Waals surface area (Å²) in [6.07, 6.45) is 2.07. The molecule has 0 aliphatic rings. The summed E-state index contributed by atoms with van der Waals surface area (Å²) in [4.78, 5) is 18.6. The largest absolute Gasteiger partial charge is 0.348 e. The van der Waals surface area contributed by atoms with Gasteiger partial charge in [0.25, 0.3) is 5.91 Å². The highest BCUT2D eigenvalue weighted by atomic mass is 79.9. The molecule has 1 aromatic rings. The lowest BCUT2D eigenvalue weighted by Gasteiger charge is -2.19. The number of rotatable bonds is 8. The average Bonchev–Trinajstić information content (AvgIpc) is 2.43. The third-order valence-electron chi connectivity index (χ3n) is 3.33. The molecule has 20 heavy (non-hydrogen) atoms. The van der Waals surface area contributed by atoms with Crippen LogP contribution < -0.4 is 5.32 Å². The molecule has 5 heteroatoms. The van der Waals surface area contributed by atoms with Crippen LogP contribution in [0.15, 0.2) is 22.8 Å². The minimum absolute atomic E-state index is 0.110. The number of carbonyl (C=O) groups is 1. The van der Waals surface area contributed by atoms with Crippen molar-refractivity contribution in [3.63, 3.8) is 0 Å². The van der Waals surface area contributed by atoms with Gasteiger partial charge in [0.1, 0.15) is 10.3 Å². The second-order valence-corrected chi connectivity index (χ2v) is 5.70. The van der Waals surface area contributed by atoms with Crippen molar-refractivity contribution in [1.29, 1.82) is 0 Å². The van der Waals surface area contributed by atoms with Crippen molar-refractivity contribution in [2.45, 2.75) is 39.7 Å². The smallest absolute Gasteiger partial charge is 0.270 e. The Morgan fingerprint density at radius 1 is 1.40 bits per heavy atom. The number of carbonyl (C=O) groups excluding carboxylic acids is 1. The van der Waals surface area contributed by atoms with Gasteiger partial charge in [-0.25, -0.2) is 4.98 Å². The molecular formula is C15H24BrN3O. The Morgan fingerprint density at radius 3 is 2.70 bits per heavy atom. The molecule has 0 radical (unpaired) electrons. The highest BCUT2D eigenvalue weighted by Gasteiger charge is 2.11. The zero-order valence-corrected chi connectivity index (χ0v) is 14.1. The molecule has 0 fully saturated rings. The average molecular weight is 342 g/mol. The van der Waals surface area contributed by atoms with E-state index in [-0.39, 0.29) is 11.9 Å². The van der Waals surface area contributed by atoms with Gasteiger partial charge in [-0.05, 0) is 67.5 Å². The number of hydrogen-bond donors (Lipinski definition) is 1. The van der Waals surface area contributed by atoms with Crippen LogP contribution in [0.5, 0.6) is 0 Å². The van der Waals surface area contributed by atoms with E-state index in [4.69, 9.17) is 0 Å². The molecule has 0 saturated heterocycles. The van der Waals surface area contributed by atoms with E-state index in [1.807, 2.05) is 19.1 Å². The first-order chi connectivity index (χ1) is 9.56. The van der Waals surface area contributed by atoms with E-state index in [9.17, 15) is 4.79 Å². The maximum Gasteiger partial charge on any atom is 0.270 e. The van der Waals surface area contributed by atoms with Crippen molar-refractivity contribution in [2.75, 3.05) is 19.6 Å². The molecule has 112 valence electrons. The molecule has 1 aromatic heterocycles. The molecule has 0 aliphatic carbocycles. The molecule has 1 atom stereocenters. The Morgan fingerprint density at radius 2 is 2.10 bits per heavy atom. The third-order valence-corrected chi connectivity index (χ3v) is 3.77. The zero-order chi connectivity index (χ0) is 15.0. The fourth-order valence-electron chi connectivity index (χ4n) is 2.07. The number of pyridine rings is 1. The van der Waals surface area contributed by atoms with E-state index < -0.39 is 0 Å². The fourth-order valence-corrected chi connectivity index (χ4v) is 2.41. The summed E-state index contributed by atoms with van der Waals surface area (Å²) in [5.74, 6) is -0.110. The van der Waals surface area contributed by atoms with Gasteiger partial charge in [-0.1, -0.05) is 19.9 Å². The first-order valence-electron chi connectivity index (χ1n) is 7.22. The number of nitrogens with one attached hydrogen (secondary N) is 1. The van der Waals surface area contributed by atoms with Crippen LogP contribution in [0, 0.1) is 0 Å². The Hall–Kier alpha value is -0.940. The molecule has 4 nitrogen and oxygen atoms in total. The molecule has 1 N–H and O–H groups in total. The zero-order valence-electron chi connectivity index (χ0n) is 12.5. The Bertz CT molecular complexity index is 421. The second-order valence-electron chi connectivity index (χ2n) is 4.89. The monoisotopic (exact) mass is 341 g/mol. The van der Waals surface area contributed by atoms with Gasteiger partial charge in [-0.2, -0.15) is 0 Å². The van der Waals surface area contributed by atoms with Crippen molar-refractivity contribution in [2.24, 2.45) is 0 Å². The molecule has 0 bridgehead atoms. The predicted octanol–water partition coefficient (Wildman–Crippen LogP) is 3.08. The minimum Gasteiger partial charge on any atom is -0.348 e. The first kappa shape index (κ1) is 17.1. The number of amides is 1. The van der Waals surface area contributed by atoms with Crippen LogP contribution in [0.3, 0.4) is 0 Å². The summed E-state index contributed by atoms with van der Waals surface area (Å²) in [6.45, 7) is 9.64. The normalized spacial score (nSPS) is 12.4. The standard InChI is InChI=1S/C15H24BrN3O/c1-4-19(5-2)11-7-8-12(3)17-15(20)13-9-6-10-14(16)18-13/h6,9-10,12H,4-5,7-8,11H2,1-3H3,(H,17,20). The lowest BCUT2D eigenvalue weighted by molar-refractivity contribution is 0.0932. The van der Waals surface area contributed by atoms with Crippen LogP contribution in [0.1, 0.15) is 44.1 Å². The maximum atomic E-state index is 12.0. The molecule has 0 saturated carbocycles. The number of aromatic nitrogens is 1. The summed E-state index contributed by atoms with van der Waals surface area (Å²) < 4.78 is 0.680. The SMILES string of the molecule is CCN(CC)CCCC(C)NC(=O)c1cccc(Br)n1. The van der Waals surface area contributed by atoms with Crippen LogP contribution >= 0.6 is 15.9 Å². The van der Waals surface area contributed by atoms with E-state index in [0.717, 1.165) is 32.5 Å². The number of halogens is 1. The van der Waals surface area contributed by atoms with Crippen molar-refractivity contribution >= 4 is 21.8 Å². The van der Waals surface area contributed by atoms with Crippen molar-refractivity contribution in [1.82, 2.24) is 15.2 Å². The summed E-state index contributed by atoms with van der Waals surface area (Å²) >= 11 is 3.27. The highest BCUT2D eigenvalue weighted by molar-refractivity contribution is 9.10. The predicted molar refractivity (Wildman–Crippen MR) is 85.9 cm³/mol. The van der Waals surface area contributed by atoms with Gasteiger partial charge >= 0.3 is 0 Å². The van der Waals surface area contributed by atoms with Crippen molar-refractivity contribution in [3.05, 3.63) is 28.5 Å². The van der Waals surface area contributed by atoms with Gasteiger partial charge in [0.15, 0.2) is 0 Å². The summed E-state index contributed by atoms with van der Waals surface area (Å²) in [5, 5.41) is 2.99. The third kappa shape index (κ3) is 6.01. The summed E-state index contributed by atoms with van der Waals surface area (Å²) in [7, 11) is 0. The van der Waals surface area contributed by atoms with Gasteiger partial charge in [-0.3, -0.25) is 4.79 Å². The van der Waals surface area contributed by atoms with E-state index in [0.29, 0.717) is 10.3 Å². The highest BCUT2D eigenvalue weighted by Crippen LogP contribution is 2.07. The molecule has 0 spiro atoms. The van der Waals surface area contributed by atoms with Crippen LogP contribution in [0.2, 0.25) is 0 Å². The van der Waals surface area contributed by atoms with E-state index in [2.05, 4.69) is 45.0 Å². The molecule has 0 aromatic carbocycles. The number of hydrogen-bond acceptors (Lipinski definition) is 3. The Balaban J connectivity index is 2.35. The summed E-state index contributed by atoms with van der Waals surface area (Å²) in [6, 6.07) is 5.52. The fraction of sp³-hybridized carbons (Fsp3) is 0.600. The lowest BCUT2D eigenvalue weighted by Crippen LogP contribution is -2.34. The molecular weight excluding hydrogens is 318 g/mol. The van der Waals surface area contributed by atoms with Crippen molar-refractivity contribution < 1.29 is 4.79 Å². The molecule has 1 amide bonds. The van der Waals surface area contributed by atoms with E-state index in [1.54, 1.807) is 6.07 Å². The lowest BCUT2D eigenvalue weighted by atomic mass is 10.1. The molecule has 1 rings (SSSR count). The number of nitrogens with zero attached hydrogens (tertiary/aromatic N) is 2. The Kier molecular flexibility index (Phi) is 7.77. The quantitative estimate of drug-likeness (QED) is 0.739. The van der Waals surface area contributed by atoms with Gasteiger partial charge in [0.05, 0.1) is 0 Å². The van der Waals surface area contributed by atoms with Crippen LogP contribution in [0.25, 0.3) is 0 Å². The van der Waals surface area contributed by atoms with Gasteiger partial charge < -0.3 is 10.2 Å². The Labute approximate surface area is 130 Å². The van der Waals surface area contributed by atoms with Crippen molar-refractivity contribution in [3.8, 4) is 0 Å². The topological polar surface area (TPSA) is 45.2 Å². The molecule has 1 heterocycles. The maximum absolute atomic E-state index is 12.0. The van der Waals surface area contributed by atoms with Crippen LogP contribution in [0.4, 0.5) is 0 Å². The van der Waals surface area contributed by atoms with Crippen LogP contribution in [-0.2, 0) is 0 Å². The van der Waals surface area contributed by atoms with E-state index >= 15 is 0 Å². The molecule has 1 unspecified atom stereocenters. The van der Waals surface area contributed by atoms with Gasteiger partial charge in [0, 0.05) is 6.04 Å². The minimum atomic E-state index is -0.110. The second kappa shape index (κ2) is 9.08. The van der Waals surface area contributed by atoms with Gasteiger partial charge in [0.2, 0.25) is 0 Å². The first-order valence-corrected chi connectivity index (χ1v) is 8.01.